The standard InChI is InChI=1S/C23H23Cl2N7O7S2/c1-31-23(28-29-30-31)41-9-10-8-40-20-16(19(35)32(20)17(10)22(38)39)27-15(33)4-2-3-14(21(36)37)26-18(34)12-6-5-11(24)7-13(12)25/h5-7,14,16,20H,2-4,8-9H2,1H3,(H,26,34)(H,27,33)(H,36,37)(H,38,39)/t14?,16?,20-/m1/s1. The highest BCUT2D eigenvalue weighted by atomic mass is 35.5. The van der Waals surface area contributed by atoms with E-state index in [-0.39, 0.29) is 41.3 Å². The van der Waals surface area contributed by atoms with E-state index in [1.807, 2.05) is 0 Å². The molecule has 0 spiro atoms. The van der Waals surface area contributed by atoms with Crippen molar-refractivity contribution >= 4 is 76.4 Å². The number of rotatable bonds is 12. The molecule has 2 unspecified atom stereocenters. The zero-order valence-electron chi connectivity index (χ0n) is 21.2. The minimum Gasteiger partial charge on any atom is -0.480 e. The number of benzene rings is 1. The minimum absolute atomic E-state index is 0.0558. The summed E-state index contributed by atoms with van der Waals surface area (Å²) in [7, 11) is 1.65. The maximum atomic E-state index is 12.9. The van der Waals surface area contributed by atoms with Crippen LogP contribution in [-0.2, 0) is 26.2 Å². The van der Waals surface area contributed by atoms with Crippen LogP contribution in [0.4, 0.5) is 0 Å². The molecule has 2 aliphatic rings. The van der Waals surface area contributed by atoms with Gasteiger partial charge in [0.1, 0.15) is 23.2 Å². The van der Waals surface area contributed by atoms with Gasteiger partial charge in [0.25, 0.3) is 11.8 Å². The first-order valence-electron chi connectivity index (χ1n) is 12.0. The molecular weight excluding hydrogens is 621 g/mol. The van der Waals surface area contributed by atoms with Crippen LogP contribution in [0.2, 0.25) is 10.0 Å². The molecule has 2 aliphatic heterocycles. The molecule has 1 fully saturated rings. The van der Waals surface area contributed by atoms with Crippen LogP contribution in [0, 0.1) is 0 Å². The van der Waals surface area contributed by atoms with Crippen molar-refractivity contribution in [3.63, 3.8) is 0 Å². The fourth-order valence-electron chi connectivity index (χ4n) is 4.17. The van der Waals surface area contributed by atoms with Crippen molar-refractivity contribution in [2.75, 3.05) is 11.5 Å². The Labute approximate surface area is 251 Å². The molecule has 2 aromatic rings. The molecule has 3 atom stereocenters. The number of β-lactam (4-membered cyclic amide) rings is 1. The van der Waals surface area contributed by atoms with Gasteiger partial charge in [-0.3, -0.25) is 19.3 Å². The van der Waals surface area contributed by atoms with Crippen molar-refractivity contribution in [3.05, 3.63) is 45.1 Å². The second-order valence-electron chi connectivity index (χ2n) is 8.97. The molecule has 1 aromatic heterocycles. The Morgan fingerprint density at radius 3 is 2.63 bits per heavy atom. The van der Waals surface area contributed by atoms with E-state index in [2.05, 4.69) is 26.2 Å². The molecule has 0 radical (unpaired) electrons. The monoisotopic (exact) mass is 643 g/mol. The Bertz CT molecular complexity index is 1440. The van der Waals surface area contributed by atoms with E-state index in [0.717, 1.165) is 0 Å². The van der Waals surface area contributed by atoms with Crippen LogP contribution in [0.3, 0.4) is 0 Å². The molecule has 4 rings (SSSR count). The molecule has 18 heteroatoms. The van der Waals surface area contributed by atoms with Gasteiger partial charge in [-0.25, -0.2) is 14.3 Å². The first-order valence-corrected chi connectivity index (χ1v) is 14.8. The van der Waals surface area contributed by atoms with Gasteiger partial charge in [-0.15, -0.1) is 16.9 Å². The van der Waals surface area contributed by atoms with Gasteiger partial charge in [0.05, 0.1) is 10.6 Å². The van der Waals surface area contributed by atoms with E-state index in [4.69, 9.17) is 23.2 Å². The van der Waals surface area contributed by atoms with Crippen LogP contribution in [0.5, 0.6) is 0 Å². The van der Waals surface area contributed by atoms with Crippen molar-refractivity contribution in [2.24, 2.45) is 7.05 Å². The van der Waals surface area contributed by atoms with Crippen molar-refractivity contribution in [3.8, 4) is 0 Å². The van der Waals surface area contributed by atoms with E-state index in [1.165, 1.54) is 51.3 Å². The third-order valence-electron chi connectivity index (χ3n) is 6.20. The number of thioether (sulfide) groups is 2. The lowest BCUT2D eigenvalue weighted by Gasteiger charge is -2.49. The normalized spacial score (nSPS) is 18.8. The minimum atomic E-state index is -1.29. The number of nitrogens with one attached hydrogen (secondary N) is 2. The van der Waals surface area contributed by atoms with Crippen LogP contribution >= 0.6 is 46.7 Å². The van der Waals surface area contributed by atoms with E-state index in [9.17, 15) is 34.2 Å². The molecule has 0 aliphatic carbocycles. The third-order valence-corrected chi connectivity index (χ3v) is 9.18. The third kappa shape index (κ3) is 6.94. The fraction of sp³-hybridized carbons (Fsp3) is 0.391. The van der Waals surface area contributed by atoms with Gasteiger partial charge in [0.2, 0.25) is 11.1 Å². The number of carboxylic acids is 2. The Hall–Kier alpha value is -3.34. The Morgan fingerprint density at radius 1 is 1.24 bits per heavy atom. The molecule has 41 heavy (non-hydrogen) atoms. The summed E-state index contributed by atoms with van der Waals surface area (Å²) in [4.78, 5) is 62.8. The highest BCUT2D eigenvalue weighted by molar-refractivity contribution is 8.01. The number of halogens is 2. The molecule has 3 amide bonds. The summed E-state index contributed by atoms with van der Waals surface area (Å²) >= 11 is 14.4. The van der Waals surface area contributed by atoms with Crippen LogP contribution in [0.1, 0.15) is 29.6 Å². The second-order valence-corrected chi connectivity index (χ2v) is 11.9. The SMILES string of the molecule is Cn1nnnc1SCC1=C(C(=O)O)N2C(=O)C(NC(=O)CCCC(NC(=O)c3ccc(Cl)cc3Cl)C(=O)O)[C@H]2SC1. The van der Waals surface area contributed by atoms with E-state index in [0.29, 0.717) is 21.5 Å². The first kappa shape index (κ1) is 30.6. The lowest BCUT2D eigenvalue weighted by atomic mass is 10.0. The number of aliphatic carboxylic acids is 2. The summed E-state index contributed by atoms with van der Waals surface area (Å²) in [5, 5.41) is 35.7. The summed E-state index contributed by atoms with van der Waals surface area (Å²) in [6.07, 6.45) is -0.0766. The number of nitrogens with zero attached hydrogens (tertiary/aromatic N) is 5. The summed E-state index contributed by atoms with van der Waals surface area (Å²) in [5.41, 5.74) is 0.472. The molecular formula is C23H23Cl2N7O7S2. The van der Waals surface area contributed by atoms with Gasteiger partial charge in [0, 0.05) is 30.0 Å². The van der Waals surface area contributed by atoms with Crippen LogP contribution < -0.4 is 10.6 Å². The van der Waals surface area contributed by atoms with Crippen LogP contribution in [0.25, 0.3) is 0 Å². The van der Waals surface area contributed by atoms with Gasteiger partial charge >= 0.3 is 11.9 Å². The molecule has 1 aromatic carbocycles. The topological polar surface area (TPSA) is 197 Å². The highest BCUT2D eigenvalue weighted by Gasteiger charge is 2.54. The van der Waals surface area contributed by atoms with Crippen LogP contribution in [0.15, 0.2) is 34.6 Å². The molecule has 0 bridgehead atoms. The Kier molecular flexibility index (Phi) is 9.78. The Morgan fingerprint density at radius 2 is 2.00 bits per heavy atom. The quantitative estimate of drug-likeness (QED) is 0.192. The van der Waals surface area contributed by atoms with Crippen molar-refractivity contribution in [2.45, 2.75) is 41.9 Å². The molecule has 4 N–H and O–H groups in total. The molecule has 3 heterocycles. The van der Waals surface area contributed by atoms with Gasteiger partial charge in [0.15, 0.2) is 0 Å². The van der Waals surface area contributed by atoms with Crippen molar-refractivity contribution < 1.29 is 34.2 Å². The molecule has 218 valence electrons. The van der Waals surface area contributed by atoms with E-state index < -0.39 is 47.1 Å². The number of aryl methyl sites for hydroxylation is 1. The average Bonchev–Trinajstić information content (AvgIpc) is 3.33. The zero-order valence-corrected chi connectivity index (χ0v) is 24.4. The Balaban J connectivity index is 1.29. The van der Waals surface area contributed by atoms with Gasteiger partial charge < -0.3 is 20.8 Å². The number of hydrogen-bond acceptors (Lipinski definition) is 10. The summed E-state index contributed by atoms with van der Waals surface area (Å²) < 4.78 is 1.45. The number of aromatic nitrogens is 4. The average molecular weight is 645 g/mol. The maximum absolute atomic E-state index is 12.9. The number of tetrazole rings is 1. The summed E-state index contributed by atoms with van der Waals surface area (Å²) in [5.74, 6) is -3.69. The van der Waals surface area contributed by atoms with E-state index >= 15 is 0 Å². The number of amides is 3. The molecule has 0 saturated carbocycles. The number of carbonyl (C=O) groups excluding carboxylic acids is 3. The lowest BCUT2D eigenvalue weighted by Crippen LogP contribution is -2.70. The van der Waals surface area contributed by atoms with Crippen molar-refractivity contribution in [1.29, 1.82) is 0 Å². The lowest BCUT2D eigenvalue weighted by molar-refractivity contribution is -0.150. The zero-order chi connectivity index (χ0) is 29.8. The number of carbonyl (C=O) groups is 5. The maximum Gasteiger partial charge on any atom is 0.352 e. The molecule has 1 saturated heterocycles. The smallest absolute Gasteiger partial charge is 0.352 e. The predicted octanol–water partition coefficient (Wildman–Crippen LogP) is 1.40. The van der Waals surface area contributed by atoms with E-state index in [1.54, 1.807) is 7.05 Å². The van der Waals surface area contributed by atoms with Crippen LogP contribution in [-0.4, -0.2) is 93.9 Å². The first-order chi connectivity index (χ1) is 19.5. The second kappa shape index (κ2) is 13.1. The fourth-order valence-corrected chi connectivity index (χ4v) is 7.00. The highest BCUT2D eigenvalue weighted by Crippen LogP contribution is 2.41. The van der Waals surface area contributed by atoms with Crippen molar-refractivity contribution in [1.82, 2.24) is 35.7 Å². The number of hydrogen-bond donors (Lipinski definition) is 4. The number of carboxylic acid groups (broad SMARTS) is 2. The summed E-state index contributed by atoms with van der Waals surface area (Å²) in [6.45, 7) is 0. The predicted molar refractivity (Wildman–Crippen MR) is 148 cm³/mol. The van der Waals surface area contributed by atoms with Gasteiger partial charge in [-0.05, 0) is 47.0 Å². The molecule has 14 nitrogen and oxygen atoms in total. The largest absolute Gasteiger partial charge is 0.480 e. The van der Waals surface area contributed by atoms with Gasteiger partial charge in [-0.1, -0.05) is 35.0 Å². The number of fused-ring (bicyclic) bond motifs is 1. The van der Waals surface area contributed by atoms with Gasteiger partial charge in [-0.2, -0.15) is 0 Å². The summed E-state index contributed by atoms with van der Waals surface area (Å²) in [6, 6.07) is 1.98.